The molecule has 2 aromatic carbocycles. The minimum Gasteiger partial charge on any atom is -0.492 e. The number of likely N-dealkylation sites (tertiary alicyclic amines) is 1. The van der Waals surface area contributed by atoms with E-state index in [0.29, 0.717) is 24.8 Å². The van der Waals surface area contributed by atoms with Crippen LogP contribution in [0.2, 0.25) is 0 Å². The molecule has 0 bridgehead atoms. The average Bonchev–Trinajstić information content (AvgIpc) is 3.04. The summed E-state index contributed by atoms with van der Waals surface area (Å²) < 4.78 is 18.4. The van der Waals surface area contributed by atoms with Crippen LogP contribution in [0.15, 0.2) is 54.6 Å². The third-order valence-corrected chi connectivity index (χ3v) is 4.95. The number of halogens is 1. The first-order valence-corrected chi connectivity index (χ1v) is 9.65. The molecule has 1 amide bonds. The van der Waals surface area contributed by atoms with Crippen LogP contribution < -0.4 is 10.1 Å². The van der Waals surface area contributed by atoms with E-state index in [2.05, 4.69) is 17.4 Å². The number of carbonyl (C=O) groups is 1. The molecule has 1 heterocycles. The smallest absolute Gasteiger partial charge is 0.222 e. The highest BCUT2D eigenvalue weighted by Crippen LogP contribution is 2.21. The lowest BCUT2D eigenvalue weighted by Crippen LogP contribution is -2.37. The molecule has 1 fully saturated rings. The average molecular weight is 370 g/mol. The molecule has 1 unspecified atom stereocenters. The first-order valence-electron chi connectivity index (χ1n) is 9.65. The molecule has 0 saturated carbocycles. The largest absolute Gasteiger partial charge is 0.492 e. The molecule has 0 aliphatic carbocycles. The number of hydrogen-bond acceptors (Lipinski definition) is 3. The van der Waals surface area contributed by atoms with Crippen molar-refractivity contribution in [3.8, 4) is 5.75 Å². The number of amides is 1. The normalized spacial score (nSPS) is 16.7. The van der Waals surface area contributed by atoms with Gasteiger partial charge in [-0.15, -0.1) is 0 Å². The van der Waals surface area contributed by atoms with E-state index in [1.165, 1.54) is 17.7 Å². The first kappa shape index (κ1) is 19.4. The zero-order chi connectivity index (χ0) is 18.9. The maximum atomic E-state index is 12.8. The van der Waals surface area contributed by atoms with Gasteiger partial charge in [-0.25, -0.2) is 4.39 Å². The van der Waals surface area contributed by atoms with Crippen LogP contribution in [-0.4, -0.2) is 43.1 Å². The zero-order valence-electron chi connectivity index (χ0n) is 15.6. The number of nitrogens with zero attached hydrogens (tertiary/aromatic N) is 1. The molecule has 1 aliphatic rings. The van der Waals surface area contributed by atoms with Crippen molar-refractivity contribution in [2.75, 3.05) is 26.2 Å². The summed E-state index contributed by atoms with van der Waals surface area (Å²) in [5.74, 6) is 0.686. The monoisotopic (exact) mass is 370 g/mol. The van der Waals surface area contributed by atoms with E-state index in [0.717, 1.165) is 38.9 Å². The minimum atomic E-state index is -0.261. The van der Waals surface area contributed by atoms with Crippen LogP contribution in [0.25, 0.3) is 0 Å². The van der Waals surface area contributed by atoms with Crippen LogP contribution in [0.5, 0.6) is 5.75 Å². The van der Waals surface area contributed by atoms with Crippen LogP contribution in [0.3, 0.4) is 0 Å². The molecule has 0 aromatic heterocycles. The molecular formula is C22H27FN2O2. The first-order chi connectivity index (χ1) is 13.2. The fourth-order valence-electron chi connectivity index (χ4n) is 3.46. The van der Waals surface area contributed by atoms with Crippen LogP contribution >= 0.6 is 0 Å². The lowest BCUT2D eigenvalue weighted by molar-refractivity contribution is -0.129. The minimum absolute atomic E-state index is 0.261. The highest BCUT2D eigenvalue weighted by molar-refractivity contribution is 5.78. The summed E-state index contributed by atoms with van der Waals surface area (Å²) in [6.45, 7) is 2.91. The maximum Gasteiger partial charge on any atom is 0.222 e. The van der Waals surface area contributed by atoms with Gasteiger partial charge in [-0.3, -0.25) is 4.79 Å². The molecule has 0 radical (unpaired) electrons. The number of carbonyl (C=O) groups excluding carboxylic acids is 1. The third kappa shape index (κ3) is 6.07. The molecule has 1 atom stereocenters. The standard InChI is InChI=1S/C22H27FN2O2/c23-19-6-9-21(10-7-19)27-17-15-24-14-12-20-8-11-22(26)25(20)16-13-18-4-2-1-3-5-18/h1-7,9-10,20,24H,8,11-17H2. The summed E-state index contributed by atoms with van der Waals surface area (Å²) in [6, 6.07) is 16.7. The van der Waals surface area contributed by atoms with Crippen molar-refractivity contribution in [3.63, 3.8) is 0 Å². The summed E-state index contributed by atoms with van der Waals surface area (Å²) in [7, 11) is 0. The second-order valence-electron chi connectivity index (χ2n) is 6.86. The molecule has 27 heavy (non-hydrogen) atoms. The Kier molecular flexibility index (Phi) is 7.22. The van der Waals surface area contributed by atoms with Crippen LogP contribution in [0, 0.1) is 5.82 Å². The summed E-state index contributed by atoms with van der Waals surface area (Å²) in [6.07, 6.45) is 3.47. The van der Waals surface area contributed by atoms with Crippen LogP contribution in [0.1, 0.15) is 24.8 Å². The number of ether oxygens (including phenoxy) is 1. The Morgan fingerprint density at radius 2 is 1.85 bits per heavy atom. The number of nitrogens with one attached hydrogen (secondary N) is 1. The molecular weight excluding hydrogens is 343 g/mol. The molecule has 5 heteroatoms. The fourth-order valence-corrected chi connectivity index (χ4v) is 3.46. The summed E-state index contributed by atoms with van der Waals surface area (Å²) >= 11 is 0. The van der Waals surface area contributed by atoms with Crippen molar-refractivity contribution < 1.29 is 13.9 Å². The van der Waals surface area contributed by atoms with Crippen molar-refractivity contribution in [1.82, 2.24) is 10.2 Å². The van der Waals surface area contributed by atoms with Gasteiger partial charge < -0.3 is 15.0 Å². The summed E-state index contributed by atoms with van der Waals surface area (Å²) in [5, 5.41) is 3.37. The third-order valence-electron chi connectivity index (χ3n) is 4.95. The molecule has 144 valence electrons. The van der Waals surface area contributed by atoms with Gasteiger partial charge in [0.25, 0.3) is 0 Å². The van der Waals surface area contributed by atoms with E-state index >= 15 is 0 Å². The second-order valence-corrected chi connectivity index (χ2v) is 6.86. The van der Waals surface area contributed by atoms with Gasteiger partial charge in [-0.2, -0.15) is 0 Å². The molecule has 0 spiro atoms. The quantitative estimate of drug-likeness (QED) is 0.652. The van der Waals surface area contributed by atoms with E-state index in [9.17, 15) is 9.18 Å². The molecule has 1 N–H and O–H groups in total. The highest BCUT2D eigenvalue weighted by Gasteiger charge is 2.29. The SMILES string of the molecule is O=C1CCC(CCNCCOc2ccc(F)cc2)N1CCc1ccccc1. The van der Waals surface area contributed by atoms with Crippen molar-refractivity contribution in [2.45, 2.75) is 31.7 Å². The number of rotatable bonds is 10. The number of hydrogen-bond donors (Lipinski definition) is 1. The van der Waals surface area contributed by atoms with Crippen LogP contribution in [0.4, 0.5) is 4.39 Å². The van der Waals surface area contributed by atoms with Gasteiger partial charge in [0.05, 0.1) is 0 Å². The Labute approximate surface area is 160 Å². The van der Waals surface area contributed by atoms with Gasteiger partial charge in [0, 0.05) is 25.6 Å². The van der Waals surface area contributed by atoms with Gasteiger partial charge in [0.15, 0.2) is 0 Å². The van der Waals surface area contributed by atoms with Gasteiger partial charge in [0.1, 0.15) is 18.2 Å². The molecule has 1 saturated heterocycles. The molecule has 4 nitrogen and oxygen atoms in total. The van der Waals surface area contributed by atoms with E-state index in [4.69, 9.17) is 4.74 Å². The summed E-state index contributed by atoms with van der Waals surface area (Å²) in [5.41, 5.74) is 1.27. The van der Waals surface area contributed by atoms with Crippen molar-refractivity contribution in [2.24, 2.45) is 0 Å². The van der Waals surface area contributed by atoms with E-state index < -0.39 is 0 Å². The van der Waals surface area contributed by atoms with Crippen LogP contribution in [-0.2, 0) is 11.2 Å². The van der Waals surface area contributed by atoms with Gasteiger partial charge in [-0.05, 0) is 55.6 Å². The van der Waals surface area contributed by atoms with Gasteiger partial charge >= 0.3 is 0 Å². The van der Waals surface area contributed by atoms with Crippen molar-refractivity contribution in [1.29, 1.82) is 0 Å². The maximum absolute atomic E-state index is 12.8. The van der Waals surface area contributed by atoms with Crippen molar-refractivity contribution >= 4 is 5.91 Å². The predicted octanol–water partition coefficient (Wildman–Crippen LogP) is 3.42. The topological polar surface area (TPSA) is 41.6 Å². The van der Waals surface area contributed by atoms with Gasteiger partial charge in [0.2, 0.25) is 5.91 Å². The van der Waals surface area contributed by atoms with E-state index in [1.807, 2.05) is 23.1 Å². The Morgan fingerprint density at radius 3 is 2.63 bits per heavy atom. The lowest BCUT2D eigenvalue weighted by atomic mass is 10.1. The summed E-state index contributed by atoms with van der Waals surface area (Å²) in [4.78, 5) is 14.2. The van der Waals surface area contributed by atoms with Crippen molar-refractivity contribution in [3.05, 3.63) is 66.0 Å². The van der Waals surface area contributed by atoms with E-state index in [1.54, 1.807) is 12.1 Å². The highest BCUT2D eigenvalue weighted by atomic mass is 19.1. The predicted molar refractivity (Wildman–Crippen MR) is 104 cm³/mol. The Bertz CT molecular complexity index is 706. The second kappa shape index (κ2) is 10.1. The van der Waals surface area contributed by atoms with Gasteiger partial charge in [-0.1, -0.05) is 30.3 Å². The Balaban J connectivity index is 1.33. The number of benzene rings is 2. The lowest BCUT2D eigenvalue weighted by Gasteiger charge is -2.25. The zero-order valence-corrected chi connectivity index (χ0v) is 15.6. The Hall–Kier alpha value is -2.40. The molecule has 2 aromatic rings. The molecule has 3 rings (SSSR count). The van der Waals surface area contributed by atoms with E-state index in [-0.39, 0.29) is 11.7 Å². The Morgan fingerprint density at radius 1 is 1.07 bits per heavy atom. The fraction of sp³-hybridized carbons (Fsp3) is 0.409. The molecule has 1 aliphatic heterocycles.